The summed E-state index contributed by atoms with van der Waals surface area (Å²) in [7, 11) is 1.87. The van der Waals surface area contributed by atoms with Gasteiger partial charge >= 0.3 is 0 Å². The molecule has 1 atom stereocenters. The lowest BCUT2D eigenvalue weighted by molar-refractivity contribution is -0.126. The van der Waals surface area contributed by atoms with Gasteiger partial charge in [-0.3, -0.25) is 4.79 Å². The van der Waals surface area contributed by atoms with Crippen molar-refractivity contribution in [1.82, 2.24) is 29.2 Å². The second-order valence-corrected chi connectivity index (χ2v) is 9.53. The lowest BCUT2D eigenvalue weighted by atomic mass is 10.1. The third-order valence-electron chi connectivity index (χ3n) is 6.90. The summed E-state index contributed by atoms with van der Waals surface area (Å²) in [6.07, 6.45) is 4.38. The predicted molar refractivity (Wildman–Crippen MR) is 134 cm³/mol. The number of likely N-dealkylation sites (tertiary alicyclic amines) is 1. The number of amides is 1. The normalized spacial score (nSPS) is 18.7. The quantitative estimate of drug-likeness (QED) is 0.445. The molecule has 0 aliphatic carbocycles. The minimum Gasteiger partial charge on any atom is -0.378 e. The lowest BCUT2D eigenvalue weighted by Crippen LogP contribution is -2.36. The van der Waals surface area contributed by atoms with Crippen molar-refractivity contribution in [2.75, 3.05) is 44.8 Å². The van der Waals surface area contributed by atoms with E-state index in [0.717, 1.165) is 53.6 Å². The summed E-state index contributed by atoms with van der Waals surface area (Å²) in [5, 5.41) is 4.85. The van der Waals surface area contributed by atoms with Gasteiger partial charge in [0.2, 0.25) is 5.91 Å². The third-order valence-corrected chi connectivity index (χ3v) is 6.90. The van der Waals surface area contributed by atoms with Crippen LogP contribution in [0.25, 0.3) is 28.2 Å². The second-order valence-electron chi connectivity index (χ2n) is 9.53. The van der Waals surface area contributed by atoms with Crippen molar-refractivity contribution in [2.45, 2.75) is 19.9 Å². The van der Waals surface area contributed by atoms with Gasteiger partial charge in [0.15, 0.2) is 11.5 Å². The monoisotopic (exact) mass is 471 g/mol. The van der Waals surface area contributed by atoms with Crippen LogP contribution >= 0.6 is 0 Å². The van der Waals surface area contributed by atoms with Crippen LogP contribution in [-0.2, 0) is 16.1 Å². The fraction of sp³-hybridized carbons (Fsp3) is 0.385. The summed E-state index contributed by atoms with van der Waals surface area (Å²) in [6, 6.07) is 12.4. The Morgan fingerprint density at radius 2 is 2.00 bits per heavy atom. The average Bonchev–Trinajstić information content (AvgIpc) is 3.59. The molecule has 9 nitrogen and oxygen atoms in total. The van der Waals surface area contributed by atoms with Crippen LogP contribution in [0, 0.1) is 12.8 Å². The van der Waals surface area contributed by atoms with Crippen LogP contribution in [0.2, 0.25) is 0 Å². The first kappa shape index (κ1) is 21.8. The van der Waals surface area contributed by atoms with Gasteiger partial charge in [-0.05, 0) is 19.1 Å². The highest BCUT2D eigenvalue weighted by atomic mass is 16.5. The summed E-state index contributed by atoms with van der Waals surface area (Å²) >= 11 is 0. The Morgan fingerprint density at radius 1 is 1.14 bits per heavy atom. The van der Waals surface area contributed by atoms with Gasteiger partial charge in [0.05, 0.1) is 30.9 Å². The Balaban J connectivity index is 1.41. The number of carbonyl (C=O) groups excluding carboxylic acids is 1. The van der Waals surface area contributed by atoms with Crippen LogP contribution in [0.3, 0.4) is 0 Å². The highest BCUT2D eigenvalue weighted by Gasteiger charge is 2.28. The Labute approximate surface area is 203 Å². The number of carbonyl (C=O) groups is 1. The Morgan fingerprint density at radius 3 is 2.77 bits per heavy atom. The van der Waals surface area contributed by atoms with Gasteiger partial charge < -0.3 is 19.1 Å². The van der Waals surface area contributed by atoms with Gasteiger partial charge in [-0.2, -0.15) is 5.10 Å². The van der Waals surface area contributed by atoms with Crippen LogP contribution in [-0.4, -0.2) is 75.0 Å². The fourth-order valence-electron chi connectivity index (χ4n) is 5.07. The maximum absolute atomic E-state index is 12.1. The maximum atomic E-state index is 12.1. The Bertz CT molecular complexity index is 1390. The van der Waals surface area contributed by atoms with Gasteiger partial charge in [0, 0.05) is 63.4 Å². The molecule has 1 aromatic carbocycles. The van der Waals surface area contributed by atoms with Crippen LogP contribution in [0.4, 0.5) is 5.69 Å². The first-order valence-corrected chi connectivity index (χ1v) is 12.1. The van der Waals surface area contributed by atoms with E-state index in [9.17, 15) is 4.79 Å². The number of benzene rings is 1. The zero-order valence-electron chi connectivity index (χ0n) is 20.1. The fourth-order valence-corrected chi connectivity index (χ4v) is 5.07. The van der Waals surface area contributed by atoms with E-state index < -0.39 is 0 Å². The van der Waals surface area contributed by atoms with Gasteiger partial charge in [-0.1, -0.05) is 23.8 Å². The number of fused-ring (bicyclic) bond motifs is 1. The van der Waals surface area contributed by atoms with Crippen molar-refractivity contribution >= 4 is 22.8 Å². The summed E-state index contributed by atoms with van der Waals surface area (Å²) in [4.78, 5) is 26.0. The van der Waals surface area contributed by atoms with E-state index in [4.69, 9.17) is 19.8 Å². The molecule has 0 unspecified atom stereocenters. The minimum absolute atomic E-state index is 0.197. The van der Waals surface area contributed by atoms with Crippen molar-refractivity contribution in [3.05, 3.63) is 54.5 Å². The first-order chi connectivity index (χ1) is 17.0. The smallest absolute Gasteiger partial charge is 0.222 e. The van der Waals surface area contributed by atoms with Crippen molar-refractivity contribution in [3.8, 4) is 17.1 Å². The molecule has 2 saturated heterocycles. The molecule has 0 N–H and O–H groups in total. The maximum Gasteiger partial charge on any atom is 0.222 e. The molecule has 1 amide bonds. The first-order valence-electron chi connectivity index (χ1n) is 12.1. The van der Waals surface area contributed by atoms with E-state index in [-0.39, 0.29) is 11.8 Å². The number of anilines is 1. The Hall–Kier alpha value is -3.72. The predicted octanol–water partition coefficient (Wildman–Crippen LogP) is 2.91. The van der Waals surface area contributed by atoms with Gasteiger partial charge in [0.1, 0.15) is 5.52 Å². The molecule has 180 valence electrons. The number of hydrogen-bond donors (Lipinski definition) is 0. The molecule has 0 bridgehead atoms. The van der Waals surface area contributed by atoms with Crippen LogP contribution < -0.4 is 4.90 Å². The van der Waals surface area contributed by atoms with Crippen molar-refractivity contribution < 1.29 is 9.53 Å². The molecule has 5 heterocycles. The number of ether oxygens (including phenoxy) is 1. The molecule has 2 fully saturated rings. The number of nitrogens with zero attached hydrogens (tertiary/aromatic N) is 7. The number of aromatic nitrogens is 5. The summed E-state index contributed by atoms with van der Waals surface area (Å²) in [6.45, 7) is 6.54. The molecular formula is C26H29N7O2. The number of pyridine rings is 1. The largest absolute Gasteiger partial charge is 0.378 e. The summed E-state index contributed by atoms with van der Waals surface area (Å²) in [5.41, 5.74) is 5.92. The third kappa shape index (κ3) is 4.16. The summed E-state index contributed by atoms with van der Waals surface area (Å²) in [5.74, 6) is 1.20. The van der Waals surface area contributed by atoms with Gasteiger partial charge in [0.25, 0.3) is 0 Å². The van der Waals surface area contributed by atoms with Crippen LogP contribution in [0.5, 0.6) is 0 Å². The van der Waals surface area contributed by atoms with Crippen molar-refractivity contribution in [2.24, 2.45) is 5.92 Å². The average molecular weight is 472 g/mol. The Kier molecular flexibility index (Phi) is 5.49. The number of imidazole rings is 1. The molecule has 9 heteroatoms. The zero-order valence-corrected chi connectivity index (χ0v) is 20.1. The number of hydrogen-bond acceptors (Lipinski definition) is 6. The SMILES string of the molecule is Cc1cccc(-c2ccn(-c3cc(N4CCOCC4)c4ncn(C[C@H]5CC(=O)N(C)C5)c4n3)n2)c1. The van der Waals surface area contributed by atoms with E-state index in [1.165, 1.54) is 5.56 Å². The van der Waals surface area contributed by atoms with E-state index in [0.29, 0.717) is 26.2 Å². The second kappa shape index (κ2) is 8.81. The molecular weight excluding hydrogens is 442 g/mol. The van der Waals surface area contributed by atoms with E-state index in [1.54, 1.807) is 4.90 Å². The molecule has 2 aliphatic rings. The number of rotatable bonds is 5. The number of aryl methyl sites for hydroxylation is 1. The molecule has 2 aliphatic heterocycles. The molecule has 6 rings (SSSR count). The van der Waals surface area contributed by atoms with E-state index in [1.807, 2.05) is 36.4 Å². The van der Waals surface area contributed by atoms with Gasteiger partial charge in [-0.15, -0.1) is 0 Å². The van der Waals surface area contributed by atoms with Gasteiger partial charge in [-0.25, -0.2) is 14.6 Å². The van der Waals surface area contributed by atoms with E-state index in [2.05, 4.69) is 40.7 Å². The minimum atomic E-state index is 0.197. The number of morpholine rings is 1. The zero-order chi connectivity index (χ0) is 23.9. The molecule has 0 spiro atoms. The molecule has 4 aromatic rings. The lowest BCUT2D eigenvalue weighted by Gasteiger charge is -2.29. The summed E-state index contributed by atoms with van der Waals surface area (Å²) < 4.78 is 9.51. The molecule has 0 radical (unpaired) electrons. The topological polar surface area (TPSA) is 81.3 Å². The molecule has 35 heavy (non-hydrogen) atoms. The van der Waals surface area contributed by atoms with Crippen molar-refractivity contribution in [3.63, 3.8) is 0 Å². The van der Waals surface area contributed by atoms with Crippen molar-refractivity contribution in [1.29, 1.82) is 0 Å². The highest BCUT2D eigenvalue weighted by molar-refractivity contribution is 5.88. The van der Waals surface area contributed by atoms with Crippen LogP contribution in [0.15, 0.2) is 48.9 Å². The van der Waals surface area contributed by atoms with Crippen LogP contribution in [0.1, 0.15) is 12.0 Å². The van der Waals surface area contributed by atoms with E-state index >= 15 is 0 Å². The standard InChI is InChI=1S/C26H29N7O2/c1-18-4-3-5-20(12-18)21-6-7-33(29-21)23-14-22(31-8-10-35-11-9-31)25-26(28-23)32(17-27-25)16-19-13-24(34)30(2)15-19/h3-7,12,14,17,19H,8-11,13,15-16H2,1-2H3/t19-/m0/s1. The highest BCUT2D eigenvalue weighted by Crippen LogP contribution is 2.30. The molecule has 0 saturated carbocycles. The molecule has 3 aromatic heterocycles.